The van der Waals surface area contributed by atoms with Crippen LogP contribution >= 0.6 is 0 Å². The molecule has 20 heavy (non-hydrogen) atoms. The summed E-state index contributed by atoms with van der Waals surface area (Å²) in [6, 6.07) is 7.27. The second-order valence-electron chi connectivity index (χ2n) is 4.20. The Morgan fingerprint density at radius 2 is 1.95 bits per heavy atom. The van der Waals surface area contributed by atoms with Gasteiger partial charge in [-0.25, -0.2) is 13.6 Å². The first kappa shape index (κ1) is 13.8. The molecule has 0 spiro atoms. The number of rotatable bonds is 4. The number of carboxylic acid groups (broad SMARTS) is 1. The Morgan fingerprint density at radius 3 is 2.65 bits per heavy atom. The number of nitrogens with one attached hydrogen (secondary N) is 1. The van der Waals surface area contributed by atoms with Crippen LogP contribution in [0, 0.1) is 11.6 Å². The highest BCUT2D eigenvalue weighted by Crippen LogP contribution is 2.21. The predicted octanol–water partition coefficient (Wildman–Crippen LogP) is 2.86. The van der Waals surface area contributed by atoms with Crippen LogP contribution in [-0.4, -0.2) is 11.1 Å². The molecule has 0 aromatic heterocycles. The molecule has 0 saturated carbocycles. The zero-order valence-electron chi connectivity index (χ0n) is 10.4. The number of anilines is 2. The maximum atomic E-state index is 13.4. The molecular weight excluding hydrogens is 266 g/mol. The third-order valence-corrected chi connectivity index (χ3v) is 2.78. The molecule has 0 fully saturated rings. The Kier molecular flexibility index (Phi) is 3.84. The molecule has 0 bridgehead atoms. The highest BCUT2D eigenvalue weighted by molar-refractivity contribution is 5.90. The molecule has 104 valence electrons. The van der Waals surface area contributed by atoms with Crippen molar-refractivity contribution in [1.29, 1.82) is 0 Å². The van der Waals surface area contributed by atoms with Crippen LogP contribution in [-0.2, 0) is 6.54 Å². The first-order valence-electron chi connectivity index (χ1n) is 5.78. The molecule has 2 rings (SSSR count). The van der Waals surface area contributed by atoms with Crippen molar-refractivity contribution in [2.45, 2.75) is 6.54 Å². The third kappa shape index (κ3) is 3.03. The van der Waals surface area contributed by atoms with Gasteiger partial charge in [-0.05, 0) is 36.4 Å². The van der Waals surface area contributed by atoms with Gasteiger partial charge in [-0.1, -0.05) is 0 Å². The molecule has 0 atom stereocenters. The van der Waals surface area contributed by atoms with Crippen LogP contribution in [0.5, 0.6) is 0 Å². The summed E-state index contributed by atoms with van der Waals surface area (Å²) in [6.45, 7) is -0.00311. The number of halogens is 2. The van der Waals surface area contributed by atoms with Gasteiger partial charge in [-0.2, -0.15) is 0 Å². The molecule has 4 N–H and O–H groups in total. The molecule has 0 unspecified atom stereocenters. The Morgan fingerprint density at radius 1 is 1.20 bits per heavy atom. The van der Waals surface area contributed by atoms with Crippen molar-refractivity contribution < 1.29 is 18.7 Å². The van der Waals surface area contributed by atoms with Crippen molar-refractivity contribution >= 4 is 17.3 Å². The van der Waals surface area contributed by atoms with Gasteiger partial charge in [0.2, 0.25) is 0 Å². The van der Waals surface area contributed by atoms with Gasteiger partial charge >= 0.3 is 5.97 Å². The molecular formula is C14H12F2N2O2. The van der Waals surface area contributed by atoms with Crippen molar-refractivity contribution in [1.82, 2.24) is 0 Å². The topological polar surface area (TPSA) is 75.4 Å². The number of carbonyl (C=O) groups is 1. The van der Waals surface area contributed by atoms with Gasteiger partial charge in [0.05, 0.1) is 16.9 Å². The Bertz CT molecular complexity index is 660. The lowest BCUT2D eigenvalue weighted by molar-refractivity contribution is 0.0697. The number of nitrogens with two attached hydrogens (primary N) is 1. The van der Waals surface area contributed by atoms with E-state index in [1.165, 1.54) is 18.2 Å². The van der Waals surface area contributed by atoms with Gasteiger partial charge in [-0.15, -0.1) is 0 Å². The molecule has 0 amide bonds. The van der Waals surface area contributed by atoms with E-state index in [-0.39, 0.29) is 17.7 Å². The summed E-state index contributed by atoms with van der Waals surface area (Å²) in [4.78, 5) is 10.9. The average molecular weight is 278 g/mol. The minimum atomic E-state index is -1.09. The third-order valence-electron chi connectivity index (χ3n) is 2.78. The molecule has 0 aliphatic carbocycles. The Hall–Kier alpha value is -2.63. The van der Waals surface area contributed by atoms with E-state index in [9.17, 15) is 13.6 Å². The first-order chi connectivity index (χ1) is 9.47. The molecule has 0 saturated heterocycles. The van der Waals surface area contributed by atoms with Crippen LogP contribution in [0.2, 0.25) is 0 Å². The van der Waals surface area contributed by atoms with Crippen molar-refractivity contribution in [3.05, 3.63) is 59.2 Å². The van der Waals surface area contributed by atoms with E-state index < -0.39 is 17.6 Å². The van der Waals surface area contributed by atoms with Crippen molar-refractivity contribution in [3.63, 3.8) is 0 Å². The van der Waals surface area contributed by atoms with E-state index in [1.54, 1.807) is 0 Å². The number of hydrogen-bond donors (Lipinski definition) is 3. The summed E-state index contributed by atoms with van der Waals surface area (Å²) >= 11 is 0. The lowest BCUT2D eigenvalue weighted by Gasteiger charge is -2.11. The normalized spacial score (nSPS) is 10.3. The number of nitrogen functional groups attached to an aromatic ring is 1. The Balaban J connectivity index is 2.20. The summed E-state index contributed by atoms with van der Waals surface area (Å²) in [5.74, 6) is -2.19. The molecule has 0 aliphatic heterocycles. The van der Waals surface area contributed by atoms with Crippen LogP contribution in [0.4, 0.5) is 20.2 Å². The SMILES string of the molecule is Nc1ccc(C(=O)O)cc1NCc1cc(F)ccc1F. The smallest absolute Gasteiger partial charge is 0.335 e. The molecule has 6 heteroatoms. The molecule has 2 aromatic rings. The fraction of sp³-hybridized carbons (Fsp3) is 0.0714. The fourth-order valence-electron chi connectivity index (χ4n) is 1.71. The van der Waals surface area contributed by atoms with Crippen molar-refractivity contribution in [3.8, 4) is 0 Å². The molecule has 0 radical (unpaired) electrons. The van der Waals surface area contributed by atoms with Crippen LogP contribution in [0.25, 0.3) is 0 Å². The minimum absolute atomic E-state index is 0.00311. The highest BCUT2D eigenvalue weighted by Gasteiger charge is 2.08. The van der Waals surface area contributed by atoms with Crippen molar-refractivity contribution in [2.75, 3.05) is 11.1 Å². The van der Waals surface area contributed by atoms with E-state index in [1.807, 2.05) is 0 Å². The van der Waals surface area contributed by atoms with Gasteiger partial charge < -0.3 is 16.2 Å². The molecule has 2 aromatic carbocycles. The van der Waals surface area contributed by atoms with Crippen LogP contribution in [0.15, 0.2) is 36.4 Å². The average Bonchev–Trinajstić information content (AvgIpc) is 2.41. The fourth-order valence-corrected chi connectivity index (χ4v) is 1.71. The summed E-state index contributed by atoms with van der Waals surface area (Å²) in [6.07, 6.45) is 0. The summed E-state index contributed by atoms with van der Waals surface area (Å²) in [5.41, 5.74) is 6.57. The maximum absolute atomic E-state index is 13.4. The van der Waals surface area contributed by atoms with Crippen LogP contribution in [0.3, 0.4) is 0 Å². The van der Waals surface area contributed by atoms with E-state index in [2.05, 4.69) is 5.32 Å². The van der Waals surface area contributed by atoms with Gasteiger partial charge in [0.25, 0.3) is 0 Å². The summed E-state index contributed by atoms with van der Waals surface area (Å²) < 4.78 is 26.5. The lowest BCUT2D eigenvalue weighted by atomic mass is 10.1. The quantitative estimate of drug-likeness (QED) is 0.752. The van der Waals surface area contributed by atoms with E-state index in [0.29, 0.717) is 11.4 Å². The second kappa shape index (κ2) is 5.56. The molecule has 0 aliphatic rings. The van der Waals surface area contributed by atoms with Crippen LogP contribution in [0.1, 0.15) is 15.9 Å². The van der Waals surface area contributed by atoms with E-state index >= 15 is 0 Å². The Labute approximate surface area is 113 Å². The summed E-state index contributed by atoms with van der Waals surface area (Å²) in [7, 11) is 0. The first-order valence-corrected chi connectivity index (χ1v) is 5.78. The maximum Gasteiger partial charge on any atom is 0.335 e. The van der Waals surface area contributed by atoms with Gasteiger partial charge in [0, 0.05) is 12.1 Å². The zero-order valence-corrected chi connectivity index (χ0v) is 10.4. The van der Waals surface area contributed by atoms with Gasteiger partial charge in [-0.3, -0.25) is 0 Å². The number of hydrogen-bond acceptors (Lipinski definition) is 3. The zero-order chi connectivity index (χ0) is 14.7. The van der Waals surface area contributed by atoms with E-state index in [0.717, 1.165) is 18.2 Å². The van der Waals surface area contributed by atoms with Crippen LogP contribution < -0.4 is 11.1 Å². The number of carboxylic acids is 1. The van der Waals surface area contributed by atoms with Gasteiger partial charge in [0.15, 0.2) is 0 Å². The highest BCUT2D eigenvalue weighted by atomic mass is 19.1. The number of aromatic carboxylic acids is 1. The molecule has 4 nitrogen and oxygen atoms in total. The van der Waals surface area contributed by atoms with Crippen molar-refractivity contribution in [2.24, 2.45) is 0 Å². The summed E-state index contributed by atoms with van der Waals surface area (Å²) in [5, 5.41) is 11.7. The predicted molar refractivity (Wildman–Crippen MR) is 71.5 cm³/mol. The van der Waals surface area contributed by atoms with Gasteiger partial charge in [0.1, 0.15) is 11.6 Å². The molecule has 0 heterocycles. The number of benzene rings is 2. The monoisotopic (exact) mass is 278 g/mol. The lowest BCUT2D eigenvalue weighted by Crippen LogP contribution is -2.06. The minimum Gasteiger partial charge on any atom is -0.478 e. The second-order valence-corrected chi connectivity index (χ2v) is 4.20. The van der Waals surface area contributed by atoms with E-state index in [4.69, 9.17) is 10.8 Å². The largest absolute Gasteiger partial charge is 0.478 e. The standard InChI is InChI=1S/C14H12F2N2O2/c15-10-2-3-11(16)9(5-10)7-18-13-6-8(14(19)20)1-4-12(13)17/h1-6,18H,7,17H2,(H,19,20).